The molecule has 6 unspecified atom stereocenters. The van der Waals surface area contributed by atoms with Crippen molar-refractivity contribution in [1.82, 2.24) is 0 Å². The van der Waals surface area contributed by atoms with Crippen molar-refractivity contribution in [3.63, 3.8) is 0 Å². The van der Waals surface area contributed by atoms with Gasteiger partial charge >= 0.3 is 0 Å². The van der Waals surface area contributed by atoms with Crippen LogP contribution < -0.4 is 0 Å². The Kier molecular flexibility index (Phi) is 3.02. The molecule has 6 aliphatic carbocycles. The van der Waals surface area contributed by atoms with Crippen LogP contribution in [0.25, 0.3) is 0 Å². The maximum atomic E-state index is 2.86. The number of hydrogen-bond acceptors (Lipinski definition) is 0. The van der Waals surface area contributed by atoms with Crippen molar-refractivity contribution in [2.45, 2.75) is 78.9 Å². The molecule has 0 aliphatic heterocycles. The third-order valence-corrected chi connectivity index (χ3v) is 9.32. The van der Waals surface area contributed by atoms with E-state index in [9.17, 15) is 0 Å². The molecule has 0 aromatic heterocycles. The molecule has 0 spiro atoms. The molecule has 0 nitrogen and oxygen atoms in total. The van der Waals surface area contributed by atoms with Crippen LogP contribution in [0.5, 0.6) is 0 Å². The molecule has 0 N–H and O–H groups in total. The molecule has 6 saturated carbocycles. The summed E-state index contributed by atoms with van der Waals surface area (Å²) in [6.45, 7) is 15.2. The van der Waals surface area contributed by atoms with Gasteiger partial charge in [0.1, 0.15) is 7.28 Å². The van der Waals surface area contributed by atoms with E-state index in [2.05, 4.69) is 48.8 Å². The Morgan fingerprint density at radius 3 is 1.33 bits per heavy atom. The summed E-state index contributed by atoms with van der Waals surface area (Å²) in [6.07, 6.45) is 6.03. The first-order valence-electron chi connectivity index (χ1n) is 9.58. The Balaban J connectivity index is 1.42. The molecule has 1 heteroatoms. The summed E-state index contributed by atoms with van der Waals surface area (Å²) in [4.78, 5) is 0. The Morgan fingerprint density at radius 2 is 1.05 bits per heavy atom. The number of rotatable bonds is 2. The number of fused-ring (bicyclic) bond motifs is 4. The van der Waals surface area contributed by atoms with Crippen molar-refractivity contribution < 1.29 is 0 Å². The fraction of sp³-hybridized carbons (Fsp3) is 1.00. The van der Waals surface area contributed by atoms with Gasteiger partial charge in [0, 0.05) is 0 Å². The van der Waals surface area contributed by atoms with Crippen LogP contribution in [0, 0.1) is 46.3 Å². The third kappa shape index (κ3) is 1.81. The van der Waals surface area contributed by atoms with E-state index in [1.807, 2.05) is 0 Å². The first-order valence-corrected chi connectivity index (χ1v) is 9.58. The van der Waals surface area contributed by atoms with Gasteiger partial charge in [-0.15, -0.1) is 0 Å². The van der Waals surface area contributed by atoms with Crippen LogP contribution >= 0.6 is 0 Å². The van der Waals surface area contributed by atoms with Crippen molar-refractivity contribution in [1.29, 1.82) is 0 Å². The van der Waals surface area contributed by atoms with Gasteiger partial charge in [0.25, 0.3) is 0 Å². The SMILES string of the molecule is CC1C2CC(C[C@H]1[B][C@@H]1CC3CC(C1C)C3(C)C)C2(C)C. The maximum Gasteiger partial charge on any atom is 0.118 e. The van der Waals surface area contributed by atoms with Gasteiger partial charge in [0.05, 0.1) is 0 Å². The highest BCUT2D eigenvalue weighted by Gasteiger charge is 2.59. The lowest BCUT2D eigenvalue weighted by Crippen LogP contribution is -2.57. The van der Waals surface area contributed by atoms with E-state index in [0.29, 0.717) is 10.8 Å². The zero-order valence-corrected chi connectivity index (χ0v) is 15.0. The summed E-state index contributed by atoms with van der Waals surface area (Å²) < 4.78 is 0. The van der Waals surface area contributed by atoms with E-state index < -0.39 is 0 Å². The van der Waals surface area contributed by atoms with Crippen molar-refractivity contribution in [3.05, 3.63) is 0 Å². The molecule has 0 aromatic rings. The Morgan fingerprint density at radius 1 is 0.667 bits per heavy atom. The molecule has 4 bridgehead atoms. The van der Waals surface area contributed by atoms with Gasteiger partial charge in [-0.2, -0.15) is 0 Å². The monoisotopic (exact) mass is 285 g/mol. The second-order valence-electron chi connectivity index (χ2n) is 10.4. The topological polar surface area (TPSA) is 0 Å². The summed E-state index contributed by atoms with van der Waals surface area (Å²) >= 11 is 0. The van der Waals surface area contributed by atoms with Crippen LogP contribution in [0.2, 0.25) is 11.6 Å². The Labute approximate surface area is 133 Å². The summed E-state index contributed by atoms with van der Waals surface area (Å²) in [5.74, 6) is 7.76. The fourth-order valence-corrected chi connectivity index (χ4v) is 7.21. The molecule has 0 saturated heterocycles. The van der Waals surface area contributed by atoms with Gasteiger partial charge in [-0.1, -0.05) is 66.0 Å². The van der Waals surface area contributed by atoms with Gasteiger partial charge in [0.2, 0.25) is 0 Å². The zero-order valence-electron chi connectivity index (χ0n) is 15.0. The minimum absolute atomic E-state index is 0.645. The maximum absolute atomic E-state index is 2.86. The van der Waals surface area contributed by atoms with Gasteiger partial charge in [-0.25, -0.2) is 0 Å². The van der Waals surface area contributed by atoms with E-state index in [1.165, 1.54) is 25.7 Å². The second kappa shape index (κ2) is 4.32. The Hall–Kier alpha value is 0.0649. The largest absolute Gasteiger partial charge is 0.118 e. The van der Waals surface area contributed by atoms with Crippen molar-refractivity contribution >= 4 is 7.28 Å². The van der Waals surface area contributed by atoms with Gasteiger partial charge < -0.3 is 0 Å². The average Bonchev–Trinajstić information content (AvgIpc) is 2.41. The molecule has 6 aliphatic rings. The van der Waals surface area contributed by atoms with Crippen LogP contribution in [0.4, 0.5) is 0 Å². The highest BCUT2D eigenvalue weighted by molar-refractivity contribution is 6.40. The van der Waals surface area contributed by atoms with Crippen molar-refractivity contribution in [2.75, 3.05) is 0 Å². The van der Waals surface area contributed by atoms with Crippen LogP contribution in [0.3, 0.4) is 0 Å². The molecule has 0 heterocycles. The highest BCUT2D eigenvalue weighted by Crippen LogP contribution is 2.68. The predicted octanol–water partition coefficient (Wildman–Crippen LogP) is 5.67. The van der Waals surface area contributed by atoms with Gasteiger partial charge in [0.15, 0.2) is 0 Å². The molecule has 6 fully saturated rings. The minimum Gasteiger partial charge on any atom is -0.0655 e. The van der Waals surface area contributed by atoms with E-state index in [0.717, 1.165) is 47.1 Å². The minimum atomic E-state index is 0.645. The molecule has 0 aromatic carbocycles. The predicted molar refractivity (Wildman–Crippen MR) is 91.6 cm³/mol. The highest BCUT2D eigenvalue weighted by atomic mass is 14.6. The molecular weight excluding hydrogens is 251 g/mol. The quantitative estimate of drug-likeness (QED) is 0.573. The molecule has 117 valence electrons. The summed E-state index contributed by atoms with van der Waals surface area (Å²) in [5.41, 5.74) is 1.29. The van der Waals surface area contributed by atoms with Crippen LogP contribution in [-0.2, 0) is 0 Å². The molecular formula is C20H34B. The standard InChI is InChI=1S/C20H34B/c1-11-15-7-13(19(15,3)4)9-17(11)21-18-10-14-8-16(12(18)2)20(14,5)6/h11-18H,7-10H2,1-6H3/t11?,12?,13?,14?,15?,16?,17-,18-/m1/s1. The molecule has 6 rings (SSSR count). The van der Waals surface area contributed by atoms with Crippen molar-refractivity contribution in [2.24, 2.45) is 46.3 Å². The molecule has 21 heavy (non-hydrogen) atoms. The lowest BCUT2D eigenvalue weighted by Gasteiger charge is -2.65. The first-order chi connectivity index (χ1) is 9.73. The van der Waals surface area contributed by atoms with Crippen molar-refractivity contribution in [3.8, 4) is 0 Å². The van der Waals surface area contributed by atoms with Crippen LogP contribution in [0.15, 0.2) is 0 Å². The summed E-state index contributed by atoms with van der Waals surface area (Å²) in [5, 5.41) is 0. The lowest BCUT2D eigenvalue weighted by molar-refractivity contribution is -0.106. The summed E-state index contributed by atoms with van der Waals surface area (Å²) in [6, 6.07) is 0. The Bertz CT molecular complexity index is 397. The summed E-state index contributed by atoms with van der Waals surface area (Å²) in [7, 11) is 2.86. The molecule has 1 radical (unpaired) electrons. The first kappa shape index (κ1) is 14.6. The fourth-order valence-electron chi connectivity index (χ4n) is 7.21. The normalized spacial score (nSPS) is 56.1. The van der Waals surface area contributed by atoms with Crippen LogP contribution in [-0.4, -0.2) is 7.28 Å². The van der Waals surface area contributed by atoms with E-state index in [4.69, 9.17) is 0 Å². The molecule has 0 amide bonds. The third-order valence-electron chi connectivity index (χ3n) is 9.32. The van der Waals surface area contributed by atoms with Crippen LogP contribution in [0.1, 0.15) is 67.2 Å². The van der Waals surface area contributed by atoms with Gasteiger partial charge in [-0.3, -0.25) is 0 Å². The lowest BCUT2D eigenvalue weighted by atomic mass is 9.31. The number of hydrogen-bond donors (Lipinski definition) is 0. The second-order valence-corrected chi connectivity index (χ2v) is 10.4. The smallest absolute Gasteiger partial charge is 0.0655 e. The average molecular weight is 285 g/mol. The van der Waals surface area contributed by atoms with Gasteiger partial charge in [-0.05, 0) is 59.2 Å². The van der Waals surface area contributed by atoms with E-state index in [1.54, 1.807) is 0 Å². The zero-order chi connectivity index (χ0) is 15.2. The van der Waals surface area contributed by atoms with E-state index >= 15 is 0 Å². The van der Waals surface area contributed by atoms with E-state index in [-0.39, 0.29) is 0 Å². The molecule has 8 atom stereocenters.